The summed E-state index contributed by atoms with van der Waals surface area (Å²) in [6, 6.07) is 10.3. The Morgan fingerprint density at radius 2 is 1.84 bits per heavy atom. The molecule has 0 saturated carbocycles. The van der Waals surface area contributed by atoms with Crippen LogP contribution in [0.15, 0.2) is 66.3 Å². The Balaban J connectivity index is 1.79. The van der Waals surface area contributed by atoms with Gasteiger partial charge in [0, 0.05) is 17.9 Å². The summed E-state index contributed by atoms with van der Waals surface area (Å²) in [5.41, 5.74) is 1.43. The molecule has 1 aromatic carbocycles. The van der Waals surface area contributed by atoms with E-state index in [1.807, 2.05) is 24.3 Å². The maximum Gasteiger partial charge on any atom is 0.235 e. The highest BCUT2D eigenvalue weighted by molar-refractivity contribution is 6.13. The van der Waals surface area contributed by atoms with Crippen LogP contribution in [-0.4, -0.2) is 17.7 Å². The third-order valence-electron chi connectivity index (χ3n) is 8.05. The molecule has 6 atom stereocenters. The molecule has 3 aliphatic rings. The van der Waals surface area contributed by atoms with Gasteiger partial charge < -0.3 is 5.32 Å². The number of hydrogen-bond donors (Lipinski definition) is 1. The SMILES string of the molecule is CC1=C[C@@H]2/C=C/C[C@H](C)CCCC/C=C/C(=O)C23C(=O)N[C@@H](Cc2ccccc2)[C@@H]3[C@@H]1C. The molecule has 1 heterocycles. The molecular weight excluding hydrogens is 394 g/mol. The van der Waals surface area contributed by atoms with Gasteiger partial charge in [0.15, 0.2) is 5.78 Å². The van der Waals surface area contributed by atoms with Crippen LogP contribution in [0.5, 0.6) is 0 Å². The summed E-state index contributed by atoms with van der Waals surface area (Å²) < 4.78 is 0. The van der Waals surface area contributed by atoms with E-state index in [1.54, 1.807) is 6.08 Å². The van der Waals surface area contributed by atoms with Gasteiger partial charge in [-0.1, -0.05) is 86.9 Å². The van der Waals surface area contributed by atoms with Gasteiger partial charge in [0.2, 0.25) is 5.91 Å². The van der Waals surface area contributed by atoms with Gasteiger partial charge in [0.1, 0.15) is 5.41 Å². The monoisotopic (exact) mass is 431 g/mol. The zero-order chi connectivity index (χ0) is 22.7. The van der Waals surface area contributed by atoms with Crippen molar-refractivity contribution in [2.75, 3.05) is 0 Å². The first kappa shape index (κ1) is 22.8. The second-order valence-electron chi connectivity index (χ2n) is 10.2. The lowest BCUT2D eigenvalue weighted by atomic mass is 9.55. The van der Waals surface area contributed by atoms with Gasteiger partial charge in [-0.05, 0) is 56.1 Å². The van der Waals surface area contributed by atoms with E-state index in [0.29, 0.717) is 5.92 Å². The number of carbonyl (C=O) groups excluding carboxylic acids is 2. The first-order valence-electron chi connectivity index (χ1n) is 12.4. The van der Waals surface area contributed by atoms with Crippen LogP contribution in [0.2, 0.25) is 0 Å². The van der Waals surface area contributed by atoms with Crippen LogP contribution in [0.25, 0.3) is 0 Å². The summed E-state index contributed by atoms with van der Waals surface area (Å²) in [6.45, 7) is 6.65. The van der Waals surface area contributed by atoms with Crippen LogP contribution in [0.4, 0.5) is 0 Å². The average Bonchev–Trinajstić information content (AvgIpc) is 3.07. The molecule has 1 aliphatic heterocycles. The summed E-state index contributed by atoms with van der Waals surface area (Å²) in [4.78, 5) is 27.6. The predicted molar refractivity (Wildman–Crippen MR) is 130 cm³/mol. The van der Waals surface area contributed by atoms with Crippen LogP contribution < -0.4 is 5.32 Å². The van der Waals surface area contributed by atoms with Crippen molar-refractivity contribution in [1.82, 2.24) is 5.32 Å². The van der Waals surface area contributed by atoms with Crippen molar-refractivity contribution in [2.45, 2.75) is 65.3 Å². The number of hydrogen-bond acceptors (Lipinski definition) is 2. The molecule has 32 heavy (non-hydrogen) atoms. The lowest BCUT2D eigenvalue weighted by Gasteiger charge is -2.44. The van der Waals surface area contributed by atoms with Gasteiger partial charge in [0.05, 0.1) is 0 Å². The van der Waals surface area contributed by atoms with Crippen LogP contribution in [0.3, 0.4) is 0 Å². The molecule has 1 unspecified atom stereocenters. The van der Waals surface area contributed by atoms with Crippen LogP contribution in [0.1, 0.15) is 58.4 Å². The normalized spacial score (nSPS) is 37.6. The van der Waals surface area contributed by atoms with Crippen molar-refractivity contribution in [3.05, 3.63) is 71.8 Å². The number of amides is 1. The molecule has 0 radical (unpaired) electrons. The first-order valence-corrected chi connectivity index (χ1v) is 12.4. The molecule has 4 rings (SSSR count). The van der Waals surface area contributed by atoms with Crippen LogP contribution in [-0.2, 0) is 16.0 Å². The predicted octanol–water partition coefficient (Wildman–Crippen LogP) is 5.82. The van der Waals surface area contributed by atoms with Crippen molar-refractivity contribution in [2.24, 2.45) is 29.1 Å². The maximum atomic E-state index is 13.9. The molecule has 1 amide bonds. The molecule has 1 aromatic rings. The Labute approximate surface area is 193 Å². The maximum absolute atomic E-state index is 13.9. The van der Waals surface area contributed by atoms with Crippen LogP contribution in [0, 0.1) is 29.1 Å². The Bertz CT molecular complexity index is 928. The van der Waals surface area contributed by atoms with Crippen molar-refractivity contribution in [3.8, 4) is 0 Å². The number of allylic oxidation sites excluding steroid dienone is 6. The number of benzene rings is 1. The van der Waals surface area contributed by atoms with Gasteiger partial charge >= 0.3 is 0 Å². The number of nitrogens with one attached hydrogen (secondary N) is 1. The molecule has 170 valence electrons. The van der Waals surface area contributed by atoms with Crippen molar-refractivity contribution in [1.29, 1.82) is 0 Å². The molecule has 1 N–H and O–H groups in total. The summed E-state index contributed by atoms with van der Waals surface area (Å²) >= 11 is 0. The average molecular weight is 432 g/mol. The van der Waals surface area contributed by atoms with E-state index in [1.165, 1.54) is 24.0 Å². The number of ketones is 1. The highest BCUT2D eigenvalue weighted by Gasteiger charge is 2.64. The van der Waals surface area contributed by atoms with Gasteiger partial charge in [-0.15, -0.1) is 0 Å². The molecule has 1 fully saturated rings. The van der Waals surface area contributed by atoms with Gasteiger partial charge in [-0.3, -0.25) is 9.59 Å². The van der Waals surface area contributed by atoms with E-state index >= 15 is 0 Å². The fourth-order valence-electron chi connectivity index (χ4n) is 6.16. The Hall–Kier alpha value is -2.42. The number of carbonyl (C=O) groups is 2. The smallest absolute Gasteiger partial charge is 0.235 e. The minimum absolute atomic E-state index is 0.0203. The largest absolute Gasteiger partial charge is 0.352 e. The fourth-order valence-corrected chi connectivity index (χ4v) is 6.16. The van der Waals surface area contributed by atoms with Gasteiger partial charge in [-0.25, -0.2) is 0 Å². The zero-order valence-electron chi connectivity index (χ0n) is 19.7. The standard InChI is InChI=1S/C29H37NO2/c1-20-12-7-4-5-10-17-26(31)29-24(16-11-13-20)18-21(2)22(3)27(29)25(30-28(29)32)19-23-14-8-6-9-15-23/h6,8-11,14-18,20,22,24-25,27H,4-5,7,12-13,19H2,1-3H3,(H,30,32)/b16-11+,17-10+/t20-,22-,24+,25+,27+,29?/m1/s1. The van der Waals surface area contributed by atoms with Crippen molar-refractivity contribution >= 4 is 11.7 Å². The second-order valence-corrected chi connectivity index (χ2v) is 10.2. The van der Waals surface area contributed by atoms with Gasteiger partial charge in [0.25, 0.3) is 0 Å². The molecule has 2 aliphatic carbocycles. The highest BCUT2D eigenvalue weighted by Crippen LogP contribution is 2.54. The third kappa shape index (κ3) is 4.14. The summed E-state index contributed by atoms with van der Waals surface area (Å²) in [7, 11) is 0. The van der Waals surface area contributed by atoms with E-state index in [2.05, 4.69) is 56.4 Å². The van der Waals surface area contributed by atoms with E-state index in [4.69, 9.17) is 0 Å². The molecular formula is C29H37NO2. The Kier molecular flexibility index (Phi) is 6.83. The quantitative estimate of drug-likeness (QED) is 0.473. The molecule has 1 spiro atoms. The van der Waals surface area contributed by atoms with E-state index in [-0.39, 0.29) is 35.5 Å². The highest BCUT2D eigenvalue weighted by atomic mass is 16.2. The summed E-state index contributed by atoms with van der Waals surface area (Å²) in [5, 5.41) is 3.29. The summed E-state index contributed by atoms with van der Waals surface area (Å²) in [5.74, 6) is 0.414. The van der Waals surface area contributed by atoms with Gasteiger partial charge in [-0.2, -0.15) is 0 Å². The summed E-state index contributed by atoms with van der Waals surface area (Å²) in [6.07, 6.45) is 16.4. The molecule has 3 heteroatoms. The van der Waals surface area contributed by atoms with Crippen molar-refractivity contribution in [3.63, 3.8) is 0 Å². The fraction of sp³-hybridized carbons (Fsp3) is 0.517. The van der Waals surface area contributed by atoms with E-state index in [0.717, 1.165) is 25.7 Å². The van der Waals surface area contributed by atoms with E-state index < -0.39 is 5.41 Å². The second kappa shape index (κ2) is 9.60. The first-order chi connectivity index (χ1) is 15.4. The third-order valence-corrected chi connectivity index (χ3v) is 8.05. The molecule has 1 saturated heterocycles. The minimum atomic E-state index is -1.05. The minimum Gasteiger partial charge on any atom is -0.352 e. The molecule has 0 bridgehead atoms. The van der Waals surface area contributed by atoms with E-state index in [9.17, 15) is 9.59 Å². The van der Waals surface area contributed by atoms with Crippen LogP contribution >= 0.6 is 0 Å². The Morgan fingerprint density at radius 1 is 1.06 bits per heavy atom. The lowest BCUT2D eigenvalue weighted by molar-refractivity contribution is -0.142. The Morgan fingerprint density at radius 3 is 2.62 bits per heavy atom. The number of rotatable bonds is 2. The zero-order valence-corrected chi connectivity index (χ0v) is 19.7. The topological polar surface area (TPSA) is 46.2 Å². The molecule has 0 aromatic heterocycles. The van der Waals surface area contributed by atoms with Crippen molar-refractivity contribution < 1.29 is 9.59 Å². The lowest BCUT2D eigenvalue weighted by Crippen LogP contribution is -2.51. The molecule has 3 nitrogen and oxygen atoms in total.